The summed E-state index contributed by atoms with van der Waals surface area (Å²) >= 11 is 0. The van der Waals surface area contributed by atoms with Crippen molar-refractivity contribution in [1.82, 2.24) is 9.55 Å². The molecular formula is C22H22N4O4. The number of hydrogen-bond acceptors (Lipinski definition) is 5. The van der Waals surface area contributed by atoms with Gasteiger partial charge in [0.05, 0.1) is 11.0 Å². The Labute approximate surface area is 173 Å². The van der Waals surface area contributed by atoms with Crippen LogP contribution in [0.1, 0.15) is 31.1 Å². The van der Waals surface area contributed by atoms with Crippen molar-refractivity contribution in [2.45, 2.75) is 27.3 Å². The lowest BCUT2D eigenvalue weighted by Crippen LogP contribution is -2.38. The number of benzene rings is 2. The first-order valence-corrected chi connectivity index (χ1v) is 9.50. The average Bonchev–Trinajstić information content (AvgIpc) is 2.71. The second kappa shape index (κ2) is 8.69. The number of para-hydroxylation sites is 2. The van der Waals surface area contributed by atoms with E-state index in [0.29, 0.717) is 22.3 Å². The van der Waals surface area contributed by atoms with Crippen LogP contribution in [0.3, 0.4) is 0 Å². The van der Waals surface area contributed by atoms with Crippen LogP contribution in [0.2, 0.25) is 0 Å². The second-order valence-electron chi connectivity index (χ2n) is 6.76. The highest BCUT2D eigenvalue weighted by Gasteiger charge is 2.20. The fraction of sp³-hybridized carbons (Fsp3) is 0.227. The van der Waals surface area contributed by atoms with Crippen LogP contribution >= 0.6 is 0 Å². The summed E-state index contributed by atoms with van der Waals surface area (Å²) < 4.78 is 1.30. The van der Waals surface area contributed by atoms with Crippen LogP contribution in [0.4, 0.5) is 11.5 Å². The molecule has 1 heterocycles. The molecule has 8 heteroatoms. The van der Waals surface area contributed by atoms with Gasteiger partial charge in [-0.15, -0.1) is 0 Å². The van der Waals surface area contributed by atoms with Gasteiger partial charge in [-0.1, -0.05) is 24.3 Å². The lowest BCUT2D eigenvalue weighted by Gasteiger charge is -2.19. The third-order valence-electron chi connectivity index (χ3n) is 4.64. The highest BCUT2D eigenvalue weighted by atomic mass is 16.2. The van der Waals surface area contributed by atoms with Gasteiger partial charge in [-0.05, 0) is 38.1 Å². The van der Waals surface area contributed by atoms with E-state index in [1.54, 1.807) is 55.5 Å². The topological polar surface area (TPSA) is 101 Å². The molecule has 0 saturated carbocycles. The number of anilines is 2. The molecule has 2 amide bonds. The average molecular weight is 406 g/mol. The van der Waals surface area contributed by atoms with Crippen LogP contribution < -0.4 is 15.8 Å². The van der Waals surface area contributed by atoms with Crippen molar-refractivity contribution in [3.8, 4) is 0 Å². The lowest BCUT2D eigenvalue weighted by molar-refractivity contribution is -0.117. The monoisotopic (exact) mass is 406 g/mol. The number of fused-ring (bicyclic) bond motifs is 1. The summed E-state index contributed by atoms with van der Waals surface area (Å²) in [6.07, 6.45) is 0. The molecule has 3 rings (SSSR count). The Morgan fingerprint density at radius 3 is 2.47 bits per heavy atom. The summed E-state index contributed by atoms with van der Waals surface area (Å²) in [5, 5.41) is 2.71. The predicted molar refractivity (Wildman–Crippen MR) is 115 cm³/mol. The van der Waals surface area contributed by atoms with Gasteiger partial charge in [0.25, 0.3) is 5.56 Å². The van der Waals surface area contributed by atoms with Gasteiger partial charge in [0.1, 0.15) is 6.54 Å². The summed E-state index contributed by atoms with van der Waals surface area (Å²) in [7, 11) is 0. The SMILES string of the molecule is CCN(C(C)=O)c1nc2ccccc2n(CC(=O)Nc2cccc(C(C)=O)c2)c1=O. The summed E-state index contributed by atoms with van der Waals surface area (Å²) in [4.78, 5) is 54.9. The standard InChI is InChI=1S/C22H22N4O4/c1-4-25(15(3)28)21-22(30)26(19-11-6-5-10-18(19)24-21)13-20(29)23-17-9-7-8-16(12-17)14(2)27/h5-12H,4,13H2,1-3H3,(H,23,29). The van der Waals surface area contributed by atoms with Crippen LogP contribution in [0.25, 0.3) is 11.0 Å². The number of hydrogen-bond donors (Lipinski definition) is 1. The minimum absolute atomic E-state index is 0.0184. The number of aromatic nitrogens is 2. The molecule has 3 aromatic rings. The number of nitrogens with one attached hydrogen (secondary N) is 1. The second-order valence-corrected chi connectivity index (χ2v) is 6.76. The molecule has 0 aliphatic heterocycles. The number of Topliss-reactive ketones (excluding diaryl/α,β-unsaturated/α-hetero) is 1. The van der Waals surface area contributed by atoms with E-state index in [-0.39, 0.29) is 30.6 Å². The van der Waals surface area contributed by atoms with E-state index >= 15 is 0 Å². The summed E-state index contributed by atoms with van der Waals surface area (Å²) in [6.45, 7) is 4.56. The molecule has 30 heavy (non-hydrogen) atoms. The predicted octanol–water partition coefficient (Wildman–Crippen LogP) is 2.61. The molecule has 0 unspecified atom stereocenters. The molecule has 154 valence electrons. The van der Waals surface area contributed by atoms with Gasteiger partial charge < -0.3 is 5.32 Å². The molecule has 2 aromatic carbocycles. The first-order chi connectivity index (χ1) is 14.3. The zero-order valence-corrected chi connectivity index (χ0v) is 17.0. The van der Waals surface area contributed by atoms with Crippen molar-refractivity contribution in [1.29, 1.82) is 0 Å². The van der Waals surface area contributed by atoms with Crippen molar-refractivity contribution >= 4 is 40.1 Å². The van der Waals surface area contributed by atoms with Crippen molar-refractivity contribution in [2.75, 3.05) is 16.8 Å². The third-order valence-corrected chi connectivity index (χ3v) is 4.64. The van der Waals surface area contributed by atoms with Crippen molar-refractivity contribution in [2.24, 2.45) is 0 Å². The Hall–Kier alpha value is -3.81. The molecule has 0 saturated heterocycles. The van der Waals surface area contributed by atoms with E-state index in [0.717, 1.165) is 0 Å². The molecule has 0 fully saturated rings. The normalized spacial score (nSPS) is 10.6. The number of rotatable bonds is 6. The van der Waals surface area contributed by atoms with Crippen molar-refractivity contribution in [3.05, 3.63) is 64.4 Å². The zero-order valence-electron chi connectivity index (χ0n) is 17.0. The number of amides is 2. The summed E-state index contributed by atoms with van der Waals surface area (Å²) in [5.74, 6) is -0.883. The van der Waals surface area contributed by atoms with Crippen LogP contribution in [0.5, 0.6) is 0 Å². The van der Waals surface area contributed by atoms with Gasteiger partial charge >= 0.3 is 0 Å². The van der Waals surface area contributed by atoms with Crippen LogP contribution in [0, 0.1) is 0 Å². The molecule has 0 aliphatic rings. The molecule has 0 bridgehead atoms. The zero-order chi connectivity index (χ0) is 21.8. The van der Waals surface area contributed by atoms with Crippen LogP contribution in [-0.4, -0.2) is 33.7 Å². The van der Waals surface area contributed by atoms with Gasteiger partial charge in [0.2, 0.25) is 17.6 Å². The summed E-state index contributed by atoms with van der Waals surface area (Å²) in [5.41, 5.74) is 1.38. The van der Waals surface area contributed by atoms with Crippen molar-refractivity contribution < 1.29 is 14.4 Å². The van der Waals surface area contributed by atoms with E-state index in [1.807, 2.05) is 0 Å². The molecule has 1 N–H and O–H groups in total. The highest BCUT2D eigenvalue weighted by molar-refractivity contribution is 5.97. The van der Waals surface area contributed by atoms with Crippen LogP contribution in [-0.2, 0) is 16.1 Å². The fourth-order valence-electron chi connectivity index (χ4n) is 3.19. The van der Waals surface area contributed by atoms with Gasteiger partial charge in [-0.25, -0.2) is 4.98 Å². The maximum Gasteiger partial charge on any atom is 0.294 e. The van der Waals surface area contributed by atoms with Gasteiger partial charge in [0.15, 0.2) is 5.78 Å². The first kappa shape index (κ1) is 20.9. The fourth-order valence-corrected chi connectivity index (χ4v) is 3.19. The smallest absolute Gasteiger partial charge is 0.294 e. The van der Waals surface area contributed by atoms with E-state index in [1.165, 1.54) is 23.3 Å². The molecule has 0 spiro atoms. The maximum absolute atomic E-state index is 13.1. The van der Waals surface area contributed by atoms with E-state index in [9.17, 15) is 19.2 Å². The molecule has 0 radical (unpaired) electrons. The highest BCUT2D eigenvalue weighted by Crippen LogP contribution is 2.16. The minimum atomic E-state index is -0.529. The lowest BCUT2D eigenvalue weighted by atomic mass is 10.1. The number of ketones is 1. The Bertz CT molecular complexity index is 1200. The molecule has 0 aliphatic carbocycles. The van der Waals surface area contributed by atoms with E-state index in [2.05, 4.69) is 10.3 Å². The molecular weight excluding hydrogens is 384 g/mol. The molecule has 1 aromatic heterocycles. The summed E-state index contributed by atoms with van der Waals surface area (Å²) in [6, 6.07) is 13.5. The first-order valence-electron chi connectivity index (χ1n) is 9.50. The number of carbonyl (C=O) groups excluding carboxylic acids is 3. The Morgan fingerprint density at radius 1 is 1.07 bits per heavy atom. The van der Waals surface area contributed by atoms with E-state index < -0.39 is 11.5 Å². The number of carbonyl (C=O) groups is 3. The molecule has 0 atom stereocenters. The van der Waals surface area contributed by atoms with E-state index in [4.69, 9.17) is 0 Å². The Morgan fingerprint density at radius 2 is 1.80 bits per heavy atom. The van der Waals surface area contributed by atoms with Gasteiger partial charge in [-0.3, -0.25) is 28.6 Å². The Kier molecular flexibility index (Phi) is 6.06. The maximum atomic E-state index is 13.1. The van der Waals surface area contributed by atoms with Gasteiger partial charge in [-0.2, -0.15) is 0 Å². The number of nitrogens with zero attached hydrogens (tertiary/aromatic N) is 3. The van der Waals surface area contributed by atoms with Crippen LogP contribution in [0.15, 0.2) is 53.3 Å². The van der Waals surface area contributed by atoms with Gasteiger partial charge in [0, 0.05) is 24.7 Å². The molecule has 8 nitrogen and oxygen atoms in total. The quantitative estimate of drug-likeness (QED) is 0.634. The third kappa shape index (κ3) is 4.27. The largest absolute Gasteiger partial charge is 0.325 e. The minimum Gasteiger partial charge on any atom is -0.325 e. The van der Waals surface area contributed by atoms with Crippen molar-refractivity contribution in [3.63, 3.8) is 0 Å². The Balaban J connectivity index is 2.00.